The third-order valence-electron chi connectivity index (χ3n) is 1.05. The molecular formula is C7H16N2O5S. The molecule has 0 aliphatic carbocycles. The molecule has 0 heterocycles. The zero-order chi connectivity index (χ0) is 12.5. The number of carbonyl (C=O) groups excluding carboxylic acids is 1. The summed E-state index contributed by atoms with van der Waals surface area (Å²) in [5, 5.41) is 5.60. The zero-order valence-corrected chi connectivity index (χ0v) is 9.47. The lowest BCUT2D eigenvalue weighted by Gasteiger charge is -2.02. The Hall–Kier alpha value is -0.960. The van der Waals surface area contributed by atoms with Crippen LogP contribution in [0.4, 0.5) is 0 Å². The summed E-state index contributed by atoms with van der Waals surface area (Å²) in [7, 11) is -2.83. The lowest BCUT2D eigenvalue weighted by molar-refractivity contribution is -0.117. The molecule has 0 aromatic carbocycles. The van der Waals surface area contributed by atoms with Crippen molar-refractivity contribution < 1.29 is 22.3 Å². The molecule has 4 N–H and O–H groups in total. The molecule has 0 unspecified atom stereocenters. The second-order valence-corrected chi connectivity index (χ2v) is 3.48. The molecule has 0 aliphatic rings. The Morgan fingerprint density at radius 1 is 1.33 bits per heavy atom. The van der Waals surface area contributed by atoms with Crippen LogP contribution in [0.5, 0.6) is 0 Å². The Kier molecular flexibility index (Phi) is 9.18. The van der Waals surface area contributed by atoms with Crippen molar-refractivity contribution in [1.29, 1.82) is 0 Å². The molecule has 1 amide bonds. The van der Waals surface area contributed by atoms with Gasteiger partial charge in [-0.25, -0.2) is 0 Å². The van der Waals surface area contributed by atoms with E-state index in [2.05, 4.69) is 17.2 Å². The van der Waals surface area contributed by atoms with Crippen LogP contribution in [0.2, 0.25) is 0 Å². The molecular weight excluding hydrogens is 224 g/mol. The first kappa shape index (κ1) is 16.5. The average Bonchev–Trinajstić information content (AvgIpc) is 2.01. The number of likely N-dealkylation sites (N-methyl/N-ethyl adjacent to an activating group) is 1. The highest BCUT2D eigenvalue weighted by Gasteiger charge is 1.97. The number of hydrogen-bond acceptors (Lipinski definition) is 4. The van der Waals surface area contributed by atoms with Gasteiger partial charge in [0.1, 0.15) is 0 Å². The summed E-state index contributed by atoms with van der Waals surface area (Å²) in [6, 6.07) is 0. The van der Waals surface area contributed by atoms with E-state index in [4.69, 9.17) is 17.5 Å². The van der Waals surface area contributed by atoms with Gasteiger partial charge in [-0.05, 0) is 14.0 Å². The SMILES string of the molecule is C=C(C)C(=O)NCCNC.O=S(=O)(O)O. The van der Waals surface area contributed by atoms with Crippen molar-refractivity contribution in [2.45, 2.75) is 6.92 Å². The average molecular weight is 240 g/mol. The summed E-state index contributed by atoms with van der Waals surface area (Å²) in [6.07, 6.45) is 0. The maximum atomic E-state index is 10.8. The van der Waals surface area contributed by atoms with Crippen molar-refractivity contribution in [3.05, 3.63) is 12.2 Å². The van der Waals surface area contributed by atoms with Gasteiger partial charge in [0, 0.05) is 18.7 Å². The molecule has 0 radical (unpaired) electrons. The van der Waals surface area contributed by atoms with Gasteiger partial charge in [-0.15, -0.1) is 0 Å². The standard InChI is InChI=1S/C7H14N2O.H2O4S/c1-6(2)7(10)9-5-4-8-3;1-5(2,3)4/h8H,1,4-5H2,2-3H3,(H,9,10);(H2,1,2,3,4). The first-order chi connectivity index (χ1) is 6.68. The second kappa shape index (κ2) is 8.36. The molecule has 0 aliphatic heterocycles. The summed E-state index contributed by atoms with van der Waals surface area (Å²) in [5.74, 6) is -0.0738. The van der Waals surface area contributed by atoms with E-state index in [0.29, 0.717) is 12.1 Å². The summed E-state index contributed by atoms with van der Waals surface area (Å²) >= 11 is 0. The molecule has 7 nitrogen and oxygen atoms in total. The van der Waals surface area contributed by atoms with Crippen LogP contribution >= 0.6 is 0 Å². The molecule has 0 spiro atoms. The van der Waals surface area contributed by atoms with E-state index >= 15 is 0 Å². The van der Waals surface area contributed by atoms with Crippen LogP contribution in [0.3, 0.4) is 0 Å². The molecule has 0 saturated heterocycles. The molecule has 0 aromatic rings. The van der Waals surface area contributed by atoms with Crippen molar-refractivity contribution >= 4 is 16.3 Å². The monoisotopic (exact) mass is 240 g/mol. The number of nitrogens with one attached hydrogen (secondary N) is 2. The van der Waals surface area contributed by atoms with Crippen LogP contribution in [0, 0.1) is 0 Å². The fourth-order valence-electron chi connectivity index (χ4n) is 0.452. The molecule has 0 fully saturated rings. The smallest absolute Gasteiger partial charge is 0.351 e. The van der Waals surface area contributed by atoms with Gasteiger partial charge in [0.05, 0.1) is 0 Å². The molecule has 90 valence electrons. The first-order valence-electron chi connectivity index (χ1n) is 3.96. The summed E-state index contributed by atoms with van der Waals surface area (Å²) in [6.45, 7) is 6.64. The normalized spacial score (nSPS) is 9.87. The highest BCUT2D eigenvalue weighted by molar-refractivity contribution is 7.79. The predicted octanol–water partition coefficient (Wildman–Crippen LogP) is -0.755. The van der Waals surface area contributed by atoms with E-state index in [1.54, 1.807) is 6.92 Å². The van der Waals surface area contributed by atoms with E-state index < -0.39 is 10.4 Å². The Labute approximate surface area is 89.1 Å². The Morgan fingerprint density at radius 2 is 1.73 bits per heavy atom. The Balaban J connectivity index is 0. The molecule has 0 bridgehead atoms. The van der Waals surface area contributed by atoms with E-state index in [1.165, 1.54) is 0 Å². The third kappa shape index (κ3) is 24.6. The summed E-state index contributed by atoms with van der Waals surface area (Å²) in [4.78, 5) is 10.8. The maximum absolute atomic E-state index is 10.8. The lowest BCUT2D eigenvalue weighted by Crippen LogP contribution is -2.30. The maximum Gasteiger partial charge on any atom is 0.394 e. The molecule has 8 heteroatoms. The largest absolute Gasteiger partial charge is 0.394 e. The van der Waals surface area contributed by atoms with E-state index in [-0.39, 0.29) is 5.91 Å². The van der Waals surface area contributed by atoms with Gasteiger partial charge in [-0.2, -0.15) is 8.42 Å². The highest BCUT2D eigenvalue weighted by atomic mass is 32.3. The van der Waals surface area contributed by atoms with Crippen molar-refractivity contribution in [2.24, 2.45) is 0 Å². The third-order valence-corrected chi connectivity index (χ3v) is 1.05. The molecule has 15 heavy (non-hydrogen) atoms. The van der Waals surface area contributed by atoms with Gasteiger partial charge in [0.15, 0.2) is 0 Å². The minimum absolute atomic E-state index is 0.0738. The Morgan fingerprint density at radius 3 is 2.00 bits per heavy atom. The fraction of sp³-hybridized carbons (Fsp3) is 0.571. The predicted molar refractivity (Wildman–Crippen MR) is 55.9 cm³/mol. The quantitative estimate of drug-likeness (QED) is 0.292. The number of hydrogen-bond donors (Lipinski definition) is 4. The molecule has 0 atom stereocenters. The zero-order valence-electron chi connectivity index (χ0n) is 8.65. The van der Waals surface area contributed by atoms with Gasteiger partial charge < -0.3 is 10.6 Å². The van der Waals surface area contributed by atoms with Crippen LogP contribution in [0.15, 0.2) is 12.2 Å². The van der Waals surface area contributed by atoms with E-state index in [1.807, 2.05) is 7.05 Å². The van der Waals surface area contributed by atoms with Crippen molar-refractivity contribution in [3.63, 3.8) is 0 Å². The van der Waals surface area contributed by atoms with Gasteiger partial charge >= 0.3 is 10.4 Å². The van der Waals surface area contributed by atoms with Crippen molar-refractivity contribution in [1.82, 2.24) is 10.6 Å². The lowest BCUT2D eigenvalue weighted by atomic mass is 10.3. The summed E-state index contributed by atoms with van der Waals surface area (Å²) in [5.41, 5.74) is 0.552. The van der Waals surface area contributed by atoms with Gasteiger partial charge in [0.2, 0.25) is 5.91 Å². The fourth-order valence-corrected chi connectivity index (χ4v) is 0.452. The van der Waals surface area contributed by atoms with E-state index in [9.17, 15) is 4.79 Å². The highest BCUT2D eigenvalue weighted by Crippen LogP contribution is 1.83. The van der Waals surface area contributed by atoms with Gasteiger partial charge in [-0.3, -0.25) is 13.9 Å². The van der Waals surface area contributed by atoms with Crippen LogP contribution in [0.25, 0.3) is 0 Å². The van der Waals surface area contributed by atoms with Crippen LogP contribution < -0.4 is 10.6 Å². The van der Waals surface area contributed by atoms with Crippen LogP contribution in [-0.2, 0) is 15.2 Å². The second-order valence-electron chi connectivity index (χ2n) is 2.59. The van der Waals surface area contributed by atoms with Crippen LogP contribution in [0.1, 0.15) is 6.92 Å². The number of amides is 1. The Bertz CT molecular complexity index is 291. The minimum Gasteiger partial charge on any atom is -0.351 e. The van der Waals surface area contributed by atoms with Gasteiger partial charge in [-0.1, -0.05) is 6.58 Å². The number of carbonyl (C=O) groups is 1. The van der Waals surface area contributed by atoms with Crippen molar-refractivity contribution in [2.75, 3.05) is 20.1 Å². The van der Waals surface area contributed by atoms with Gasteiger partial charge in [0.25, 0.3) is 0 Å². The topological polar surface area (TPSA) is 116 Å². The minimum atomic E-state index is -4.67. The molecule has 0 saturated carbocycles. The van der Waals surface area contributed by atoms with Crippen LogP contribution in [-0.4, -0.2) is 43.6 Å². The van der Waals surface area contributed by atoms with E-state index in [0.717, 1.165) is 6.54 Å². The van der Waals surface area contributed by atoms with Crippen molar-refractivity contribution in [3.8, 4) is 0 Å². The molecule has 0 aromatic heterocycles. The number of rotatable bonds is 4. The first-order valence-corrected chi connectivity index (χ1v) is 5.36. The summed E-state index contributed by atoms with van der Waals surface area (Å²) < 4.78 is 31.6. The molecule has 0 rings (SSSR count).